The molecule has 0 spiro atoms. The minimum Gasteiger partial charge on any atom is -0.391 e. The molecule has 1 aromatic heterocycles. The van der Waals surface area contributed by atoms with Crippen LogP contribution in [0.1, 0.15) is 6.42 Å². The topological polar surface area (TPSA) is 92.3 Å². The highest BCUT2D eigenvalue weighted by Crippen LogP contribution is 2.30. The van der Waals surface area contributed by atoms with Gasteiger partial charge in [-0.05, 0) is 12.1 Å². The third-order valence-electron chi connectivity index (χ3n) is 3.03. The van der Waals surface area contributed by atoms with Crippen LogP contribution in [0.5, 0.6) is 0 Å². The van der Waals surface area contributed by atoms with Gasteiger partial charge in [-0.1, -0.05) is 6.07 Å². The molecule has 6 nitrogen and oxygen atoms in total. The lowest BCUT2D eigenvalue weighted by Gasteiger charge is -2.17. The number of hydrogen-bond donors (Lipinski definition) is 2. The third-order valence-corrected chi connectivity index (χ3v) is 3.03. The van der Waals surface area contributed by atoms with Crippen LogP contribution < -0.4 is 10.6 Å². The number of aliphatic hydroxyl groups is 1. The van der Waals surface area contributed by atoms with Gasteiger partial charge in [0, 0.05) is 0 Å². The Morgan fingerprint density at radius 3 is 2.89 bits per heavy atom. The largest absolute Gasteiger partial charge is 0.391 e. The quantitative estimate of drug-likeness (QED) is 0.778. The Morgan fingerprint density at radius 1 is 1.42 bits per heavy atom. The number of aliphatic hydroxyl groups excluding tert-OH is 1. The highest BCUT2D eigenvalue weighted by molar-refractivity contribution is 6.03. The van der Waals surface area contributed by atoms with Crippen LogP contribution in [0.25, 0.3) is 10.9 Å². The number of aromatic nitrogens is 2. The molecule has 0 saturated carbocycles. The molecule has 1 atom stereocenters. The summed E-state index contributed by atoms with van der Waals surface area (Å²) in [7, 11) is 0. The van der Waals surface area contributed by atoms with Gasteiger partial charge in [0.25, 0.3) is 0 Å². The molecule has 19 heavy (non-hydrogen) atoms. The van der Waals surface area contributed by atoms with Crippen LogP contribution in [0.3, 0.4) is 0 Å². The van der Waals surface area contributed by atoms with Crippen molar-refractivity contribution in [3.05, 3.63) is 24.0 Å². The van der Waals surface area contributed by atoms with E-state index in [2.05, 4.69) is 9.97 Å². The number of rotatable bonds is 1. The lowest BCUT2D eigenvalue weighted by Crippen LogP contribution is -2.27. The molecular weight excluding hydrogens is 251 g/mol. The van der Waals surface area contributed by atoms with E-state index in [9.17, 15) is 14.3 Å². The molecule has 1 amide bonds. The van der Waals surface area contributed by atoms with E-state index in [4.69, 9.17) is 5.73 Å². The van der Waals surface area contributed by atoms with Crippen LogP contribution in [0, 0.1) is 5.82 Å². The number of fused-ring (bicyclic) bond motifs is 1. The van der Waals surface area contributed by atoms with Crippen molar-refractivity contribution in [3.63, 3.8) is 0 Å². The van der Waals surface area contributed by atoms with Gasteiger partial charge in [-0.25, -0.2) is 9.37 Å². The molecule has 3 rings (SSSR count). The van der Waals surface area contributed by atoms with Gasteiger partial charge in [-0.2, -0.15) is 4.98 Å². The number of benzene rings is 1. The summed E-state index contributed by atoms with van der Waals surface area (Å²) in [5.41, 5.74) is 5.91. The van der Waals surface area contributed by atoms with E-state index in [1.54, 1.807) is 6.07 Å². The molecule has 1 saturated heterocycles. The molecule has 3 N–H and O–H groups in total. The second-order valence-corrected chi connectivity index (χ2v) is 4.40. The lowest BCUT2D eigenvalue weighted by molar-refractivity contribution is -0.117. The molecule has 1 fully saturated rings. The molecule has 1 aromatic carbocycles. The number of halogens is 1. The SMILES string of the molecule is Nc1nc(N2CC(O)CC2=O)c2c(F)cccc2n1. The number of carbonyl (C=O) groups is 1. The molecule has 7 heteroatoms. The van der Waals surface area contributed by atoms with E-state index in [-0.39, 0.29) is 36.0 Å². The van der Waals surface area contributed by atoms with Gasteiger partial charge in [-0.15, -0.1) is 0 Å². The first kappa shape index (κ1) is 11.8. The Labute approximate surface area is 107 Å². The molecule has 98 valence electrons. The van der Waals surface area contributed by atoms with Crippen LogP contribution >= 0.6 is 0 Å². The predicted molar refractivity (Wildman–Crippen MR) is 66.9 cm³/mol. The van der Waals surface area contributed by atoms with Crippen LogP contribution in [0.4, 0.5) is 16.2 Å². The summed E-state index contributed by atoms with van der Waals surface area (Å²) in [6.07, 6.45) is -0.773. The van der Waals surface area contributed by atoms with E-state index >= 15 is 0 Å². The molecule has 0 bridgehead atoms. The van der Waals surface area contributed by atoms with Crippen molar-refractivity contribution in [1.29, 1.82) is 0 Å². The maximum atomic E-state index is 13.9. The zero-order chi connectivity index (χ0) is 13.6. The lowest BCUT2D eigenvalue weighted by atomic mass is 10.2. The highest BCUT2D eigenvalue weighted by atomic mass is 19.1. The first-order valence-electron chi connectivity index (χ1n) is 5.76. The first-order chi connectivity index (χ1) is 9.06. The summed E-state index contributed by atoms with van der Waals surface area (Å²) in [6.45, 7) is 0.0821. The predicted octanol–water partition coefficient (Wildman–Crippen LogP) is 0.449. The molecule has 1 unspecified atom stereocenters. The van der Waals surface area contributed by atoms with E-state index in [0.717, 1.165) is 0 Å². The van der Waals surface area contributed by atoms with Crippen molar-refractivity contribution in [3.8, 4) is 0 Å². The Hall–Kier alpha value is -2.28. The van der Waals surface area contributed by atoms with Crippen LogP contribution in [0.15, 0.2) is 18.2 Å². The first-order valence-corrected chi connectivity index (χ1v) is 5.76. The number of anilines is 2. The average molecular weight is 262 g/mol. The fourth-order valence-electron chi connectivity index (χ4n) is 2.23. The summed E-state index contributed by atoms with van der Waals surface area (Å²) in [5, 5.41) is 9.65. The van der Waals surface area contributed by atoms with Gasteiger partial charge in [0.05, 0.1) is 30.0 Å². The number of β-amino-alcohol motifs (C(OH)–C–C–N with tert-alkyl or cyclic N) is 1. The zero-order valence-electron chi connectivity index (χ0n) is 9.88. The van der Waals surface area contributed by atoms with Crippen molar-refractivity contribution in [2.45, 2.75) is 12.5 Å². The van der Waals surface area contributed by atoms with E-state index < -0.39 is 11.9 Å². The van der Waals surface area contributed by atoms with Gasteiger partial charge in [0.2, 0.25) is 11.9 Å². The summed E-state index contributed by atoms with van der Waals surface area (Å²) in [5.74, 6) is -0.763. The summed E-state index contributed by atoms with van der Waals surface area (Å²) >= 11 is 0. The molecule has 2 aromatic rings. The van der Waals surface area contributed by atoms with Crippen molar-refractivity contribution in [2.24, 2.45) is 0 Å². The second kappa shape index (κ2) is 4.13. The van der Waals surface area contributed by atoms with Crippen molar-refractivity contribution in [1.82, 2.24) is 9.97 Å². The normalized spacial score (nSPS) is 19.4. The smallest absolute Gasteiger partial charge is 0.230 e. The standard InChI is InChI=1S/C12H11FN4O2/c13-7-2-1-3-8-10(7)11(16-12(14)15-8)17-5-6(18)4-9(17)19/h1-3,6,18H,4-5H2,(H2,14,15,16). The number of hydrogen-bond acceptors (Lipinski definition) is 5. The number of nitrogens with two attached hydrogens (primary N) is 1. The van der Waals surface area contributed by atoms with Gasteiger partial charge in [0.1, 0.15) is 5.82 Å². The number of carbonyl (C=O) groups excluding carboxylic acids is 1. The van der Waals surface area contributed by atoms with Gasteiger partial charge >= 0.3 is 0 Å². The maximum Gasteiger partial charge on any atom is 0.230 e. The number of amides is 1. The summed E-state index contributed by atoms with van der Waals surface area (Å²) < 4.78 is 13.9. The van der Waals surface area contributed by atoms with Crippen LogP contribution in [0.2, 0.25) is 0 Å². The molecule has 1 aliphatic heterocycles. The fourth-order valence-corrected chi connectivity index (χ4v) is 2.23. The third kappa shape index (κ3) is 1.88. The Balaban J connectivity index is 2.25. The van der Waals surface area contributed by atoms with Gasteiger partial charge < -0.3 is 10.8 Å². The van der Waals surface area contributed by atoms with Crippen molar-refractivity contribution < 1.29 is 14.3 Å². The average Bonchev–Trinajstić information content (AvgIpc) is 2.67. The maximum absolute atomic E-state index is 13.9. The Kier molecular flexibility index (Phi) is 2.56. The molecule has 1 aliphatic rings. The Bertz CT molecular complexity index is 676. The zero-order valence-corrected chi connectivity index (χ0v) is 9.88. The summed E-state index contributed by atoms with van der Waals surface area (Å²) in [6, 6.07) is 4.37. The highest BCUT2D eigenvalue weighted by Gasteiger charge is 2.32. The van der Waals surface area contributed by atoms with E-state index in [1.165, 1.54) is 17.0 Å². The van der Waals surface area contributed by atoms with Crippen LogP contribution in [-0.2, 0) is 4.79 Å². The summed E-state index contributed by atoms with van der Waals surface area (Å²) in [4.78, 5) is 20.9. The van der Waals surface area contributed by atoms with Gasteiger partial charge in [0.15, 0.2) is 5.82 Å². The van der Waals surface area contributed by atoms with Crippen molar-refractivity contribution in [2.75, 3.05) is 17.2 Å². The van der Waals surface area contributed by atoms with E-state index in [1.807, 2.05) is 0 Å². The molecule has 2 heterocycles. The molecule has 0 radical (unpaired) electrons. The Morgan fingerprint density at radius 2 is 2.21 bits per heavy atom. The minimum atomic E-state index is -0.773. The molecular formula is C12H11FN4O2. The number of nitrogens with zero attached hydrogens (tertiary/aromatic N) is 3. The van der Waals surface area contributed by atoms with E-state index in [0.29, 0.717) is 5.52 Å². The number of nitrogen functional groups attached to an aromatic ring is 1. The second-order valence-electron chi connectivity index (χ2n) is 4.40. The van der Waals surface area contributed by atoms with Gasteiger partial charge in [-0.3, -0.25) is 9.69 Å². The van der Waals surface area contributed by atoms with Crippen LogP contribution in [-0.4, -0.2) is 33.6 Å². The molecule has 0 aliphatic carbocycles. The van der Waals surface area contributed by atoms with Crippen molar-refractivity contribution >= 4 is 28.6 Å². The monoisotopic (exact) mass is 262 g/mol. The fraction of sp³-hybridized carbons (Fsp3) is 0.250. The minimum absolute atomic E-state index is 0.000145.